The van der Waals surface area contributed by atoms with Crippen LogP contribution in [0.5, 0.6) is 5.75 Å². The van der Waals surface area contributed by atoms with Crippen molar-refractivity contribution in [3.05, 3.63) is 53.1 Å². The maximum atomic E-state index is 12.9. The largest absolute Gasteiger partial charge is 0.489 e. The second-order valence-electron chi connectivity index (χ2n) is 6.31. The Morgan fingerprint density at radius 1 is 1.20 bits per heavy atom. The van der Waals surface area contributed by atoms with Crippen molar-refractivity contribution < 1.29 is 9.15 Å². The van der Waals surface area contributed by atoms with Gasteiger partial charge in [0.05, 0.1) is 23.2 Å². The van der Waals surface area contributed by atoms with Crippen molar-refractivity contribution in [3.8, 4) is 16.9 Å². The second-order valence-corrected chi connectivity index (χ2v) is 6.31. The van der Waals surface area contributed by atoms with Gasteiger partial charge in [0.1, 0.15) is 18.0 Å². The molecular weight excluding hydrogens is 318 g/mol. The quantitative estimate of drug-likeness (QED) is 0.577. The molecule has 1 unspecified atom stereocenters. The van der Waals surface area contributed by atoms with Crippen molar-refractivity contribution in [3.63, 3.8) is 0 Å². The number of fused-ring (bicyclic) bond motifs is 2. The van der Waals surface area contributed by atoms with Gasteiger partial charge < -0.3 is 14.9 Å². The number of anilines is 1. The average molecular weight is 333 g/mol. The molecule has 5 rings (SSSR count). The zero-order chi connectivity index (χ0) is 17.1. The highest BCUT2D eigenvalue weighted by molar-refractivity contribution is 6.06. The smallest absolute Gasteiger partial charge is 0.262 e. The third-order valence-electron chi connectivity index (χ3n) is 4.74. The number of hydrogen-bond acceptors (Lipinski definition) is 5. The molecular formula is C19H15N3O3. The SMILES string of the molecule is CC1COc2c(-c3ccc(N)nc3)ccc3c4occc4c(=O)n1c23. The van der Waals surface area contributed by atoms with Crippen LogP contribution < -0.4 is 16.0 Å². The van der Waals surface area contributed by atoms with E-state index in [9.17, 15) is 4.79 Å². The van der Waals surface area contributed by atoms with Crippen LogP contribution in [0.4, 0.5) is 5.82 Å². The molecule has 0 aliphatic carbocycles. The third-order valence-corrected chi connectivity index (χ3v) is 4.74. The van der Waals surface area contributed by atoms with E-state index in [-0.39, 0.29) is 11.6 Å². The molecule has 1 aliphatic heterocycles. The molecule has 3 aromatic heterocycles. The first-order chi connectivity index (χ1) is 12.1. The Morgan fingerprint density at radius 2 is 2.08 bits per heavy atom. The standard InChI is InChI=1S/C19H15N3O3/c1-10-9-25-18-12(11-2-5-15(20)21-8-11)3-4-13-16(18)22(10)19(23)14-6-7-24-17(13)14/h2-8,10H,9H2,1H3,(H2,20,21). The summed E-state index contributed by atoms with van der Waals surface area (Å²) in [6.45, 7) is 2.41. The number of aromatic nitrogens is 2. The van der Waals surface area contributed by atoms with Crippen molar-refractivity contribution in [2.45, 2.75) is 13.0 Å². The number of benzene rings is 1. The predicted molar refractivity (Wildman–Crippen MR) is 95.8 cm³/mol. The summed E-state index contributed by atoms with van der Waals surface area (Å²) >= 11 is 0. The first kappa shape index (κ1) is 14.1. The molecule has 4 heterocycles. The fourth-order valence-corrected chi connectivity index (χ4v) is 3.55. The van der Waals surface area contributed by atoms with Gasteiger partial charge in [-0.1, -0.05) is 0 Å². The summed E-state index contributed by atoms with van der Waals surface area (Å²) in [5.74, 6) is 1.14. The lowest BCUT2D eigenvalue weighted by atomic mass is 10.0. The number of nitrogen functional groups attached to an aromatic ring is 1. The van der Waals surface area contributed by atoms with Crippen LogP contribution in [0.3, 0.4) is 0 Å². The van der Waals surface area contributed by atoms with Crippen molar-refractivity contribution >= 4 is 27.7 Å². The Morgan fingerprint density at radius 3 is 2.88 bits per heavy atom. The predicted octanol–water partition coefficient (Wildman–Crippen LogP) is 3.35. The molecule has 1 aliphatic rings. The van der Waals surface area contributed by atoms with E-state index in [1.165, 1.54) is 0 Å². The fourth-order valence-electron chi connectivity index (χ4n) is 3.55. The minimum Gasteiger partial charge on any atom is -0.489 e. The zero-order valence-electron chi connectivity index (χ0n) is 13.5. The lowest BCUT2D eigenvalue weighted by molar-refractivity contribution is 0.246. The first-order valence-corrected chi connectivity index (χ1v) is 8.08. The molecule has 0 fully saturated rings. The lowest BCUT2D eigenvalue weighted by Crippen LogP contribution is -2.30. The van der Waals surface area contributed by atoms with E-state index in [2.05, 4.69) is 4.98 Å². The summed E-state index contributed by atoms with van der Waals surface area (Å²) in [7, 11) is 0. The Bertz CT molecular complexity index is 1190. The Labute approximate surface area is 142 Å². The second kappa shape index (κ2) is 4.86. The molecule has 6 heteroatoms. The van der Waals surface area contributed by atoms with E-state index in [1.807, 2.05) is 25.1 Å². The third kappa shape index (κ3) is 1.85. The molecule has 0 spiro atoms. The van der Waals surface area contributed by atoms with E-state index in [4.69, 9.17) is 14.9 Å². The van der Waals surface area contributed by atoms with E-state index in [1.54, 1.807) is 29.2 Å². The number of furan rings is 1. The van der Waals surface area contributed by atoms with Crippen molar-refractivity contribution in [1.82, 2.24) is 9.55 Å². The van der Waals surface area contributed by atoms with E-state index >= 15 is 0 Å². The van der Waals surface area contributed by atoms with E-state index in [0.29, 0.717) is 29.1 Å². The average Bonchev–Trinajstić information content (AvgIpc) is 3.11. The van der Waals surface area contributed by atoms with E-state index in [0.717, 1.165) is 22.0 Å². The summed E-state index contributed by atoms with van der Waals surface area (Å²) in [4.78, 5) is 17.1. The van der Waals surface area contributed by atoms with E-state index < -0.39 is 0 Å². The summed E-state index contributed by atoms with van der Waals surface area (Å²) in [5, 5.41) is 1.46. The molecule has 0 saturated heterocycles. The number of pyridine rings is 2. The molecule has 6 nitrogen and oxygen atoms in total. The molecule has 0 amide bonds. The van der Waals surface area contributed by atoms with Gasteiger partial charge in [0.2, 0.25) is 0 Å². The van der Waals surface area contributed by atoms with Crippen LogP contribution in [0, 0.1) is 0 Å². The van der Waals surface area contributed by atoms with Gasteiger partial charge in [-0.15, -0.1) is 0 Å². The number of nitrogens with zero attached hydrogens (tertiary/aromatic N) is 2. The van der Waals surface area contributed by atoms with Gasteiger partial charge in [0, 0.05) is 22.7 Å². The highest BCUT2D eigenvalue weighted by atomic mass is 16.5. The zero-order valence-corrected chi connectivity index (χ0v) is 13.5. The summed E-state index contributed by atoms with van der Waals surface area (Å²) in [6.07, 6.45) is 3.26. The summed E-state index contributed by atoms with van der Waals surface area (Å²) < 4.78 is 13.4. The van der Waals surface area contributed by atoms with Gasteiger partial charge in [0.15, 0.2) is 5.75 Å². The van der Waals surface area contributed by atoms with Gasteiger partial charge in [-0.3, -0.25) is 9.36 Å². The number of nitrogens with two attached hydrogens (primary N) is 1. The van der Waals surface area contributed by atoms with Gasteiger partial charge in [-0.25, -0.2) is 4.98 Å². The van der Waals surface area contributed by atoms with Gasteiger partial charge >= 0.3 is 0 Å². The van der Waals surface area contributed by atoms with Crippen LogP contribution in [-0.2, 0) is 0 Å². The van der Waals surface area contributed by atoms with Crippen LogP contribution in [0.2, 0.25) is 0 Å². The number of ether oxygens (including phenoxy) is 1. The maximum absolute atomic E-state index is 12.9. The highest BCUT2D eigenvalue weighted by Gasteiger charge is 2.26. The van der Waals surface area contributed by atoms with Crippen LogP contribution in [0.1, 0.15) is 13.0 Å². The van der Waals surface area contributed by atoms with Crippen molar-refractivity contribution in [2.75, 3.05) is 12.3 Å². The minimum atomic E-state index is -0.0547. The van der Waals surface area contributed by atoms with Crippen LogP contribution in [0.25, 0.3) is 33.0 Å². The minimum absolute atomic E-state index is 0.0541. The van der Waals surface area contributed by atoms with Gasteiger partial charge in [0.25, 0.3) is 5.56 Å². The summed E-state index contributed by atoms with van der Waals surface area (Å²) in [5.41, 5.74) is 8.76. The molecule has 0 bridgehead atoms. The first-order valence-electron chi connectivity index (χ1n) is 8.08. The van der Waals surface area contributed by atoms with Gasteiger partial charge in [-0.2, -0.15) is 0 Å². The van der Waals surface area contributed by atoms with Gasteiger partial charge in [-0.05, 0) is 37.3 Å². The van der Waals surface area contributed by atoms with Crippen LogP contribution in [0.15, 0.2) is 52.0 Å². The number of hydrogen-bond donors (Lipinski definition) is 1. The molecule has 124 valence electrons. The highest BCUT2D eigenvalue weighted by Crippen LogP contribution is 2.41. The molecule has 0 saturated carbocycles. The van der Waals surface area contributed by atoms with Crippen LogP contribution >= 0.6 is 0 Å². The number of rotatable bonds is 1. The molecule has 0 radical (unpaired) electrons. The summed E-state index contributed by atoms with van der Waals surface area (Å²) in [6, 6.07) is 9.25. The monoisotopic (exact) mass is 333 g/mol. The Kier molecular flexibility index (Phi) is 2.74. The topological polar surface area (TPSA) is 83.3 Å². The van der Waals surface area contributed by atoms with Crippen LogP contribution in [-0.4, -0.2) is 16.2 Å². The Balaban J connectivity index is 1.95. The molecule has 1 aromatic carbocycles. The molecule has 25 heavy (non-hydrogen) atoms. The molecule has 4 aromatic rings. The normalized spacial score (nSPS) is 16.3. The van der Waals surface area contributed by atoms with Crippen molar-refractivity contribution in [2.24, 2.45) is 0 Å². The molecule has 1 atom stereocenters. The maximum Gasteiger partial charge on any atom is 0.262 e. The van der Waals surface area contributed by atoms with Crippen molar-refractivity contribution in [1.29, 1.82) is 0 Å². The fraction of sp³-hybridized carbons (Fsp3) is 0.158. The lowest BCUT2D eigenvalue weighted by Gasteiger charge is -2.27. The Hall–Kier alpha value is -3.28. The molecule has 2 N–H and O–H groups in total.